The van der Waals surface area contributed by atoms with Crippen molar-refractivity contribution in [3.63, 3.8) is 0 Å². The molecule has 0 aliphatic heterocycles. The molecule has 0 unspecified atom stereocenters. The fourth-order valence-electron chi connectivity index (χ4n) is 1.37. The Balaban J connectivity index is 3.11. The van der Waals surface area contributed by atoms with Gasteiger partial charge >= 0.3 is 5.69 Å². The van der Waals surface area contributed by atoms with Gasteiger partial charge in [-0.15, -0.1) is 0 Å². The normalized spacial score (nSPS) is 10.9. The first-order chi connectivity index (χ1) is 8.95. The van der Waals surface area contributed by atoms with Gasteiger partial charge in [-0.3, -0.25) is 15.5 Å². The van der Waals surface area contributed by atoms with Crippen LogP contribution in [0.25, 0.3) is 0 Å². The van der Waals surface area contributed by atoms with Crippen molar-refractivity contribution < 1.29 is 9.66 Å². The predicted molar refractivity (Wildman–Crippen MR) is 76.4 cm³/mol. The first-order valence-electron chi connectivity index (χ1n) is 5.47. The number of thiocarbonyl (C=S) groups is 1. The van der Waals surface area contributed by atoms with Crippen LogP contribution >= 0.6 is 12.2 Å². The molecule has 1 rings (SSSR count). The quantitative estimate of drug-likeness (QED) is 0.367. The van der Waals surface area contributed by atoms with Crippen LogP contribution in [0.5, 0.6) is 5.75 Å². The molecule has 0 aliphatic carbocycles. The average molecular weight is 282 g/mol. The van der Waals surface area contributed by atoms with Gasteiger partial charge < -0.3 is 10.5 Å². The summed E-state index contributed by atoms with van der Waals surface area (Å²) < 4.78 is 5.19. The molecule has 0 saturated carbocycles. The highest BCUT2D eigenvalue weighted by Gasteiger charge is 2.16. The maximum absolute atomic E-state index is 11.0. The molecule has 0 bridgehead atoms. The maximum atomic E-state index is 11.0. The first kappa shape index (κ1) is 14.8. The van der Waals surface area contributed by atoms with E-state index in [0.29, 0.717) is 17.9 Å². The molecule has 0 spiro atoms. The monoisotopic (exact) mass is 282 g/mol. The summed E-state index contributed by atoms with van der Waals surface area (Å²) in [6.07, 6.45) is 0. The molecule has 102 valence electrons. The topological polar surface area (TPSA) is 103 Å². The second-order valence-corrected chi connectivity index (χ2v) is 3.99. The number of benzene rings is 1. The van der Waals surface area contributed by atoms with Crippen LogP contribution in [-0.2, 0) is 0 Å². The van der Waals surface area contributed by atoms with Crippen molar-refractivity contribution in [2.45, 2.75) is 13.8 Å². The summed E-state index contributed by atoms with van der Waals surface area (Å²) in [6, 6.07) is 4.61. The lowest BCUT2D eigenvalue weighted by atomic mass is 10.1. The van der Waals surface area contributed by atoms with Gasteiger partial charge in [-0.2, -0.15) is 5.10 Å². The van der Waals surface area contributed by atoms with E-state index in [4.69, 9.17) is 10.5 Å². The van der Waals surface area contributed by atoms with Gasteiger partial charge in [0.15, 0.2) is 10.9 Å². The number of hydrogen-bond donors (Lipinski definition) is 2. The van der Waals surface area contributed by atoms with Crippen molar-refractivity contribution in [1.82, 2.24) is 5.43 Å². The smallest absolute Gasteiger partial charge is 0.311 e. The van der Waals surface area contributed by atoms with Gasteiger partial charge in [0.05, 0.1) is 17.2 Å². The van der Waals surface area contributed by atoms with E-state index in [2.05, 4.69) is 22.7 Å². The molecule has 0 heterocycles. The molecular weight excluding hydrogens is 268 g/mol. The Bertz CT molecular complexity index is 531. The Morgan fingerprint density at radius 2 is 2.32 bits per heavy atom. The number of rotatable bonds is 5. The van der Waals surface area contributed by atoms with E-state index in [1.165, 1.54) is 12.1 Å². The molecule has 0 aromatic heterocycles. The van der Waals surface area contributed by atoms with Gasteiger partial charge in [-0.05, 0) is 38.2 Å². The summed E-state index contributed by atoms with van der Waals surface area (Å²) in [7, 11) is 0. The summed E-state index contributed by atoms with van der Waals surface area (Å²) in [4.78, 5) is 10.5. The molecular formula is C11H14N4O3S. The lowest BCUT2D eigenvalue weighted by Crippen LogP contribution is -2.25. The van der Waals surface area contributed by atoms with Gasteiger partial charge in [0.25, 0.3) is 0 Å². The molecule has 0 atom stereocenters. The highest BCUT2D eigenvalue weighted by atomic mass is 32.1. The van der Waals surface area contributed by atoms with E-state index in [-0.39, 0.29) is 16.5 Å². The molecule has 7 nitrogen and oxygen atoms in total. The predicted octanol–water partition coefficient (Wildman–Crippen LogP) is 1.55. The third-order valence-electron chi connectivity index (χ3n) is 2.21. The molecule has 1 aromatic rings. The van der Waals surface area contributed by atoms with E-state index >= 15 is 0 Å². The van der Waals surface area contributed by atoms with Gasteiger partial charge in [-0.1, -0.05) is 0 Å². The van der Waals surface area contributed by atoms with Crippen molar-refractivity contribution in [3.05, 3.63) is 33.9 Å². The number of nitro groups is 1. The molecule has 0 saturated heterocycles. The lowest BCUT2D eigenvalue weighted by Gasteiger charge is -2.06. The summed E-state index contributed by atoms with van der Waals surface area (Å²) in [6.45, 7) is 3.80. The minimum absolute atomic E-state index is 0.0276. The Hall–Kier alpha value is -2.22. The van der Waals surface area contributed by atoms with Gasteiger partial charge in [0.1, 0.15) is 0 Å². The van der Waals surface area contributed by atoms with Crippen molar-refractivity contribution in [2.24, 2.45) is 10.8 Å². The SMILES string of the molecule is CCOc1ccc(C(C)=NNC(N)=S)cc1[N+](=O)[O-]. The number of hydrogen-bond acceptors (Lipinski definition) is 5. The van der Waals surface area contributed by atoms with Crippen LogP contribution in [0.3, 0.4) is 0 Å². The zero-order valence-electron chi connectivity index (χ0n) is 10.5. The summed E-state index contributed by atoms with van der Waals surface area (Å²) in [5.41, 5.74) is 8.68. The van der Waals surface area contributed by atoms with Crippen molar-refractivity contribution in [3.8, 4) is 5.75 Å². The minimum atomic E-state index is -0.497. The van der Waals surface area contributed by atoms with E-state index in [1.807, 2.05) is 0 Å². The number of ether oxygens (including phenoxy) is 1. The van der Waals surface area contributed by atoms with Crippen molar-refractivity contribution in [1.29, 1.82) is 0 Å². The van der Waals surface area contributed by atoms with Gasteiger partial charge in [0, 0.05) is 11.6 Å². The second-order valence-electron chi connectivity index (χ2n) is 3.55. The van der Waals surface area contributed by atoms with Crippen molar-refractivity contribution >= 4 is 28.7 Å². The first-order valence-corrected chi connectivity index (χ1v) is 5.87. The number of nitrogens with one attached hydrogen (secondary N) is 1. The van der Waals surface area contributed by atoms with Crippen LogP contribution in [0.1, 0.15) is 19.4 Å². The van der Waals surface area contributed by atoms with E-state index in [0.717, 1.165) is 0 Å². The number of hydrazone groups is 1. The highest BCUT2D eigenvalue weighted by molar-refractivity contribution is 7.80. The molecule has 0 aliphatic rings. The highest BCUT2D eigenvalue weighted by Crippen LogP contribution is 2.28. The Labute approximate surface area is 115 Å². The number of nitrogens with two attached hydrogens (primary N) is 1. The van der Waals surface area contributed by atoms with Crippen LogP contribution in [0, 0.1) is 10.1 Å². The fourth-order valence-corrected chi connectivity index (χ4v) is 1.41. The van der Waals surface area contributed by atoms with E-state index in [1.54, 1.807) is 19.9 Å². The molecule has 0 radical (unpaired) electrons. The number of nitro benzene ring substituents is 1. The van der Waals surface area contributed by atoms with Crippen LogP contribution in [-0.4, -0.2) is 22.4 Å². The van der Waals surface area contributed by atoms with E-state index in [9.17, 15) is 10.1 Å². The molecule has 19 heavy (non-hydrogen) atoms. The Morgan fingerprint density at radius 1 is 1.63 bits per heavy atom. The van der Waals surface area contributed by atoms with Gasteiger partial charge in [-0.25, -0.2) is 0 Å². The lowest BCUT2D eigenvalue weighted by molar-refractivity contribution is -0.385. The maximum Gasteiger partial charge on any atom is 0.311 e. The standard InChI is InChI=1S/C11H14N4O3S/c1-3-18-10-5-4-8(6-9(10)15(16)17)7(2)13-14-11(12)19/h4-6H,3H2,1-2H3,(H3,12,14,19). The molecule has 0 fully saturated rings. The summed E-state index contributed by atoms with van der Waals surface area (Å²) >= 11 is 4.62. The second kappa shape index (κ2) is 6.64. The Morgan fingerprint density at radius 3 is 2.84 bits per heavy atom. The molecule has 8 heteroatoms. The van der Waals surface area contributed by atoms with Crippen LogP contribution < -0.4 is 15.9 Å². The zero-order chi connectivity index (χ0) is 14.4. The third kappa shape index (κ3) is 4.18. The molecule has 0 amide bonds. The minimum Gasteiger partial charge on any atom is -0.487 e. The van der Waals surface area contributed by atoms with Crippen LogP contribution in [0.15, 0.2) is 23.3 Å². The Kier molecular flexibility index (Phi) is 5.19. The summed E-state index contributed by atoms with van der Waals surface area (Å²) in [5, 5.41) is 14.9. The average Bonchev–Trinajstić information content (AvgIpc) is 2.36. The largest absolute Gasteiger partial charge is 0.487 e. The van der Waals surface area contributed by atoms with E-state index < -0.39 is 4.92 Å². The van der Waals surface area contributed by atoms with Gasteiger partial charge in [0.2, 0.25) is 0 Å². The molecule has 3 N–H and O–H groups in total. The fraction of sp³-hybridized carbons (Fsp3) is 0.273. The third-order valence-corrected chi connectivity index (χ3v) is 2.30. The molecule has 1 aromatic carbocycles. The van der Waals surface area contributed by atoms with Crippen molar-refractivity contribution in [2.75, 3.05) is 6.61 Å². The number of nitrogens with zero attached hydrogens (tertiary/aromatic N) is 2. The van der Waals surface area contributed by atoms with Crippen LogP contribution in [0.4, 0.5) is 5.69 Å². The summed E-state index contributed by atoms with van der Waals surface area (Å²) in [5.74, 6) is 0.228. The van der Waals surface area contributed by atoms with Crippen LogP contribution in [0.2, 0.25) is 0 Å². The zero-order valence-corrected chi connectivity index (χ0v) is 11.4.